The molecule has 144 valence electrons. The van der Waals surface area contributed by atoms with Crippen molar-refractivity contribution in [1.82, 2.24) is 0 Å². The molecule has 2 aromatic rings. The molecular weight excluding hydrogens is 401 g/mol. The molecule has 0 fully saturated rings. The van der Waals surface area contributed by atoms with Crippen LogP contribution >= 0.6 is 23.2 Å². The molecule has 0 atom stereocenters. The van der Waals surface area contributed by atoms with Gasteiger partial charge in [0, 0.05) is 17.6 Å². The quantitative estimate of drug-likeness (QED) is 0.517. The van der Waals surface area contributed by atoms with E-state index in [1.165, 1.54) is 18.2 Å². The predicted octanol–water partition coefficient (Wildman–Crippen LogP) is 4.36. The molecule has 0 saturated heterocycles. The molecule has 0 saturated carbocycles. The summed E-state index contributed by atoms with van der Waals surface area (Å²) in [4.78, 5) is 39.1. The van der Waals surface area contributed by atoms with Crippen molar-refractivity contribution in [1.29, 1.82) is 0 Å². The van der Waals surface area contributed by atoms with E-state index in [0.29, 0.717) is 10.7 Å². The molecule has 1 aliphatic heterocycles. The fraction of sp³-hybridized carbons (Fsp3) is 0.190. The van der Waals surface area contributed by atoms with Gasteiger partial charge in [0.15, 0.2) is 0 Å². The number of amides is 2. The Kier molecular flexibility index (Phi) is 6.17. The smallest absolute Gasteiger partial charge is 0.310 e. The number of nitrogens with zero attached hydrogens (tertiary/aromatic N) is 1. The van der Waals surface area contributed by atoms with Crippen molar-refractivity contribution in [2.75, 3.05) is 11.5 Å². The molecule has 2 amide bonds. The van der Waals surface area contributed by atoms with E-state index in [9.17, 15) is 14.4 Å². The fourth-order valence-corrected chi connectivity index (χ4v) is 3.29. The molecule has 2 aromatic carbocycles. The normalized spacial score (nSPS) is 14.0. The van der Waals surface area contributed by atoms with Crippen molar-refractivity contribution in [3.8, 4) is 0 Å². The molecule has 0 aromatic heterocycles. The lowest BCUT2D eigenvalue weighted by Crippen LogP contribution is -2.32. The highest BCUT2D eigenvalue weighted by molar-refractivity contribution is 6.42. The Morgan fingerprint density at radius 3 is 2.29 bits per heavy atom. The Morgan fingerprint density at radius 1 is 0.964 bits per heavy atom. The standard InChI is InChI=1S/C21H17Cl2NO4/c1-2-28-19(25)12-16-15(10-13-6-4-3-5-7-13)20(26)24(21(16)27)14-8-9-17(22)18(23)11-14/h3-9,11H,2,10,12H2,1H3. The minimum Gasteiger partial charge on any atom is -0.466 e. The summed E-state index contributed by atoms with van der Waals surface area (Å²) in [5.41, 5.74) is 1.57. The van der Waals surface area contributed by atoms with Gasteiger partial charge in [0.1, 0.15) is 0 Å². The molecule has 0 aliphatic carbocycles. The highest BCUT2D eigenvalue weighted by Crippen LogP contribution is 2.34. The maximum Gasteiger partial charge on any atom is 0.310 e. The largest absolute Gasteiger partial charge is 0.466 e. The lowest BCUT2D eigenvalue weighted by Gasteiger charge is -2.16. The Hall–Kier alpha value is -2.63. The Balaban J connectivity index is 2.00. The first-order valence-electron chi connectivity index (χ1n) is 8.67. The average molecular weight is 418 g/mol. The number of benzene rings is 2. The van der Waals surface area contributed by atoms with Gasteiger partial charge in [0.05, 0.1) is 28.8 Å². The molecule has 0 bridgehead atoms. The molecule has 28 heavy (non-hydrogen) atoms. The first kappa shape index (κ1) is 20.1. The summed E-state index contributed by atoms with van der Waals surface area (Å²) in [6, 6.07) is 13.8. The van der Waals surface area contributed by atoms with Gasteiger partial charge in [0.2, 0.25) is 0 Å². The highest BCUT2D eigenvalue weighted by atomic mass is 35.5. The van der Waals surface area contributed by atoms with Crippen molar-refractivity contribution < 1.29 is 19.1 Å². The van der Waals surface area contributed by atoms with Crippen LogP contribution in [0.15, 0.2) is 59.7 Å². The zero-order valence-corrected chi connectivity index (χ0v) is 16.6. The van der Waals surface area contributed by atoms with Crippen LogP contribution in [-0.4, -0.2) is 24.4 Å². The van der Waals surface area contributed by atoms with Crippen LogP contribution in [0.3, 0.4) is 0 Å². The lowest BCUT2D eigenvalue weighted by molar-refractivity contribution is -0.142. The lowest BCUT2D eigenvalue weighted by atomic mass is 10.00. The Labute approximate surface area is 172 Å². The summed E-state index contributed by atoms with van der Waals surface area (Å²) in [5, 5.41) is 0.539. The Morgan fingerprint density at radius 2 is 1.64 bits per heavy atom. The molecule has 7 heteroatoms. The summed E-state index contributed by atoms with van der Waals surface area (Å²) < 4.78 is 4.97. The van der Waals surface area contributed by atoms with Gasteiger partial charge in [-0.25, -0.2) is 4.90 Å². The zero-order chi connectivity index (χ0) is 20.3. The second-order valence-corrected chi connectivity index (χ2v) is 6.96. The number of hydrogen-bond acceptors (Lipinski definition) is 4. The SMILES string of the molecule is CCOC(=O)CC1=C(Cc2ccccc2)C(=O)N(c2ccc(Cl)c(Cl)c2)C1=O. The maximum atomic E-state index is 13.1. The van der Waals surface area contributed by atoms with E-state index < -0.39 is 17.8 Å². The molecule has 3 rings (SSSR count). The third-order valence-electron chi connectivity index (χ3n) is 4.30. The van der Waals surface area contributed by atoms with E-state index in [1.807, 2.05) is 30.3 Å². The van der Waals surface area contributed by atoms with E-state index in [-0.39, 0.29) is 35.6 Å². The van der Waals surface area contributed by atoms with Gasteiger partial charge in [-0.1, -0.05) is 53.5 Å². The molecule has 0 spiro atoms. The molecule has 1 aliphatic rings. The van der Waals surface area contributed by atoms with E-state index in [2.05, 4.69) is 0 Å². The number of esters is 1. The van der Waals surface area contributed by atoms with Crippen molar-refractivity contribution in [3.63, 3.8) is 0 Å². The summed E-state index contributed by atoms with van der Waals surface area (Å²) in [7, 11) is 0. The van der Waals surface area contributed by atoms with E-state index in [0.717, 1.165) is 10.5 Å². The van der Waals surface area contributed by atoms with Crippen molar-refractivity contribution >= 4 is 46.7 Å². The topological polar surface area (TPSA) is 63.7 Å². The van der Waals surface area contributed by atoms with Crippen molar-refractivity contribution in [3.05, 3.63) is 75.3 Å². The third kappa shape index (κ3) is 4.11. The Bertz CT molecular complexity index is 970. The molecular formula is C21H17Cl2NO4. The zero-order valence-electron chi connectivity index (χ0n) is 15.1. The number of anilines is 1. The van der Waals surface area contributed by atoms with Crippen molar-refractivity contribution in [2.45, 2.75) is 19.8 Å². The number of carbonyl (C=O) groups excluding carboxylic acids is 3. The fourth-order valence-electron chi connectivity index (χ4n) is 3.00. The molecule has 0 unspecified atom stereocenters. The van der Waals surface area contributed by atoms with Crippen LogP contribution in [0.25, 0.3) is 0 Å². The van der Waals surface area contributed by atoms with Gasteiger partial charge in [-0.3, -0.25) is 14.4 Å². The van der Waals surface area contributed by atoms with Gasteiger partial charge < -0.3 is 4.74 Å². The summed E-state index contributed by atoms with van der Waals surface area (Å²) in [6.07, 6.45) is -0.0314. The summed E-state index contributed by atoms with van der Waals surface area (Å²) >= 11 is 12.0. The minimum atomic E-state index is -0.555. The number of rotatable bonds is 6. The van der Waals surface area contributed by atoms with Crippen LogP contribution in [0.5, 0.6) is 0 Å². The van der Waals surface area contributed by atoms with E-state index in [1.54, 1.807) is 6.92 Å². The van der Waals surface area contributed by atoms with Crippen LogP contribution < -0.4 is 4.90 Å². The minimum absolute atomic E-state index is 0.137. The van der Waals surface area contributed by atoms with Crippen LogP contribution in [0.1, 0.15) is 18.9 Å². The maximum absolute atomic E-state index is 13.1. The van der Waals surface area contributed by atoms with Gasteiger partial charge in [-0.2, -0.15) is 0 Å². The van der Waals surface area contributed by atoms with Gasteiger partial charge in [-0.05, 0) is 30.7 Å². The molecule has 0 radical (unpaired) electrons. The number of hydrogen-bond donors (Lipinski definition) is 0. The highest BCUT2D eigenvalue weighted by Gasteiger charge is 2.40. The molecule has 0 N–H and O–H groups in total. The number of carbonyl (C=O) groups is 3. The predicted molar refractivity (Wildman–Crippen MR) is 107 cm³/mol. The number of halogens is 2. The third-order valence-corrected chi connectivity index (χ3v) is 5.04. The summed E-state index contributed by atoms with van der Waals surface area (Å²) in [5.74, 6) is -1.59. The number of imide groups is 1. The number of ether oxygens (including phenoxy) is 1. The molecule has 1 heterocycles. The van der Waals surface area contributed by atoms with Crippen LogP contribution in [0.4, 0.5) is 5.69 Å². The van der Waals surface area contributed by atoms with E-state index >= 15 is 0 Å². The average Bonchev–Trinajstić information content (AvgIpc) is 2.89. The molecule has 5 nitrogen and oxygen atoms in total. The first-order valence-corrected chi connectivity index (χ1v) is 9.43. The van der Waals surface area contributed by atoms with Gasteiger partial charge in [-0.15, -0.1) is 0 Å². The van der Waals surface area contributed by atoms with E-state index in [4.69, 9.17) is 27.9 Å². The van der Waals surface area contributed by atoms with Gasteiger partial charge in [0.25, 0.3) is 11.8 Å². The monoisotopic (exact) mass is 417 g/mol. The van der Waals surface area contributed by atoms with Gasteiger partial charge >= 0.3 is 5.97 Å². The van der Waals surface area contributed by atoms with Crippen LogP contribution in [-0.2, 0) is 25.5 Å². The van der Waals surface area contributed by atoms with Crippen molar-refractivity contribution in [2.24, 2.45) is 0 Å². The van der Waals surface area contributed by atoms with Crippen LogP contribution in [0.2, 0.25) is 10.0 Å². The second-order valence-electron chi connectivity index (χ2n) is 6.15. The second kappa shape index (κ2) is 8.59. The van der Waals surface area contributed by atoms with Crippen LogP contribution in [0, 0.1) is 0 Å². The first-order chi connectivity index (χ1) is 13.4. The summed E-state index contributed by atoms with van der Waals surface area (Å²) in [6.45, 7) is 1.87.